The van der Waals surface area contributed by atoms with E-state index in [1.165, 1.54) is 0 Å². The fourth-order valence-electron chi connectivity index (χ4n) is 1.12. The molecule has 1 aliphatic rings. The van der Waals surface area contributed by atoms with Gasteiger partial charge in [0.15, 0.2) is 0 Å². The normalized spacial score (nSPS) is 18.3. The third kappa shape index (κ3) is 6.24. The standard InChI is InChI=1S/C14H17/c1-2-4-6-8-10-12-14-13-11-9-7-5-3-1/h1-4,7-13H,5-6,14H2. The van der Waals surface area contributed by atoms with Gasteiger partial charge in [-0.15, -0.1) is 0 Å². The van der Waals surface area contributed by atoms with Crippen LogP contribution >= 0.6 is 0 Å². The summed E-state index contributed by atoms with van der Waals surface area (Å²) >= 11 is 0. The number of hydrogen-bond donors (Lipinski definition) is 0. The van der Waals surface area contributed by atoms with Crippen LogP contribution in [0.15, 0.2) is 60.8 Å². The Balaban J connectivity index is 2.45. The number of rotatable bonds is 0. The van der Waals surface area contributed by atoms with Gasteiger partial charge in [-0.05, 0) is 25.7 Å². The van der Waals surface area contributed by atoms with Gasteiger partial charge in [-0.1, -0.05) is 60.8 Å². The highest BCUT2D eigenvalue weighted by Gasteiger charge is 1.77. The Kier molecular flexibility index (Phi) is 6.39. The summed E-state index contributed by atoms with van der Waals surface area (Å²) in [5.41, 5.74) is 0. The van der Waals surface area contributed by atoms with Crippen LogP contribution in [0.3, 0.4) is 0 Å². The Hall–Kier alpha value is -1.30. The van der Waals surface area contributed by atoms with E-state index in [-0.39, 0.29) is 0 Å². The average molecular weight is 185 g/mol. The summed E-state index contributed by atoms with van der Waals surface area (Å²) in [6.07, 6.45) is 26.5. The molecule has 1 aliphatic carbocycles. The van der Waals surface area contributed by atoms with E-state index in [2.05, 4.69) is 67.2 Å². The molecule has 0 aromatic carbocycles. The van der Waals surface area contributed by atoms with Crippen molar-refractivity contribution >= 4 is 0 Å². The maximum atomic E-state index is 2.17. The van der Waals surface area contributed by atoms with E-state index in [4.69, 9.17) is 0 Å². The molecule has 0 nitrogen and oxygen atoms in total. The SMILES string of the molecule is [CH]1C=CCC=CC=CCC=CC=CC1. The van der Waals surface area contributed by atoms with Crippen LogP contribution in [0.25, 0.3) is 0 Å². The number of allylic oxidation sites excluding steroid dienone is 10. The molecular weight excluding hydrogens is 168 g/mol. The average Bonchev–Trinajstić information content (AvgIpc) is 2.22. The molecule has 0 saturated carbocycles. The van der Waals surface area contributed by atoms with Crippen molar-refractivity contribution in [3.63, 3.8) is 0 Å². The monoisotopic (exact) mass is 185 g/mol. The topological polar surface area (TPSA) is 0 Å². The van der Waals surface area contributed by atoms with Crippen LogP contribution in [-0.2, 0) is 0 Å². The first-order valence-electron chi connectivity index (χ1n) is 5.12. The molecule has 0 heteroatoms. The lowest BCUT2D eigenvalue weighted by molar-refractivity contribution is 1.26. The summed E-state index contributed by atoms with van der Waals surface area (Å²) < 4.78 is 0. The van der Waals surface area contributed by atoms with Gasteiger partial charge in [-0.25, -0.2) is 0 Å². The minimum absolute atomic E-state index is 1.01. The summed E-state index contributed by atoms with van der Waals surface area (Å²) in [6.45, 7) is 0. The molecule has 1 radical (unpaired) electrons. The largest absolute Gasteiger partial charge is 0.0844 e. The molecule has 0 fully saturated rings. The maximum absolute atomic E-state index is 2.17. The van der Waals surface area contributed by atoms with Crippen LogP contribution in [0.2, 0.25) is 0 Å². The Bertz CT molecular complexity index is 262. The van der Waals surface area contributed by atoms with Crippen molar-refractivity contribution in [3.05, 3.63) is 67.2 Å². The Morgan fingerprint density at radius 3 is 1.43 bits per heavy atom. The van der Waals surface area contributed by atoms with Gasteiger partial charge < -0.3 is 0 Å². The zero-order valence-corrected chi connectivity index (χ0v) is 8.47. The van der Waals surface area contributed by atoms with Gasteiger partial charge in [0, 0.05) is 0 Å². The van der Waals surface area contributed by atoms with E-state index in [9.17, 15) is 0 Å². The predicted octanol–water partition coefficient (Wildman–Crippen LogP) is 4.16. The van der Waals surface area contributed by atoms with Gasteiger partial charge >= 0.3 is 0 Å². The van der Waals surface area contributed by atoms with Crippen LogP contribution < -0.4 is 0 Å². The molecule has 0 saturated heterocycles. The van der Waals surface area contributed by atoms with E-state index in [1.807, 2.05) is 0 Å². The van der Waals surface area contributed by atoms with Gasteiger partial charge in [0.2, 0.25) is 0 Å². The Morgan fingerprint density at radius 1 is 0.429 bits per heavy atom. The van der Waals surface area contributed by atoms with Crippen molar-refractivity contribution in [2.24, 2.45) is 0 Å². The van der Waals surface area contributed by atoms with E-state index < -0.39 is 0 Å². The highest BCUT2D eigenvalue weighted by molar-refractivity contribution is 5.12. The van der Waals surface area contributed by atoms with Crippen LogP contribution in [0, 0.1) is 6.42 Å². The maximum Gasteiger partial charge on any atom is -0.0133 e. The number of hydrogen-bond acceptors (Lipinski definition) is 0. The van der Waals surface area contributed by atoms with E-state index >= 15 is 0 Å². The minimum atomic E-state index is 1.01. The molecule has 0 aromatic rings. The van der Waals surface area contributed by atoms with Crippen molar-refractivity contribution in [2.75, 3.05) is 0 Å². The van der Waals surface area contributed by atoms with Crippen LogP contribution in [0.1, 0.15) is 19.3 Å². The molecule has 0 aliphatic heterocycles. The third-order valence-corrected chi connectivity index (χ3v) is 1.86. The molecule has 0 unspecified atom stereocenters. The molecule has 73 valence electrons. The quantitative estimate of drug-likeness (QED) is 0.531. The molecule has 0 amide bonds. The molecule has 14 heavy (non-hydrogen) atoms. The van der Waals surface area contributed by atoms with Crippen molar-refractivity contribution in [2.45, 2.75) is 19.3 Å². The summed E-state index contributed by atoms with van der Waals surface area (Å²) in [5, 5.41) is 0. The van der Waals surface area contributed by atoms with Gasteiger partial charge in [0.1, 0.15) is 0 Å². The van der Waals surface area contributed by atoms with Crippen molar-refractivity contribution in [1.82, 2.24) is 0 Å². The zero-order valence-electron chi connectivity index (χ0n) is 8.47. The van der Waals surface area contributed by atoms with Gasteiger partial charge in [0.05, 0.1) is 0 Å². The molecule has 0 N–H and O–H groups in total. The molecule has 0 aromatic heterocycles. The Labute approximate surface area is 87.0 Å². The first kappa shape index (κ1) is 10.8. The molecular formula is C14H17. The van der Waals surface area contributed by atoms with Crippen LogP contribution in [-0.4, -0.2) is 0 Å². The fraction of sp³-hybridized carbons (Fsp3) is 0.214. The molecule has 0 spiro atoms. The second-order valence-electron chi connectivity index (χ2n) is 3.08. The first-order chi connectivity index (χ1) is 7.00. The summed E-state index contributed by atoms with van der Waals surface area (Å²) in [6, 6.07) is 0. The lowest BCUT2D eigenvalue weighted by Gasteiger charge is -1.86. The fourth-order valence-corrected chi connectivity index (χ4v) is 1.12. The molecule has 0 heterocycles. The highest BCUT2D eigenvalue weighted by Crippen LogP contribution is 1.96. The van der Waals surface area contributed by atoms with Crippen LogP contribution in [0.4, 0.5) is 0 Å². The summed E-state index contributed by atoms with van der Waals surface area (Å²) in [4.78, 5) is 0. The summed E-state index contributed by atoms with van der Waals surface area (Å²) in [7, 11) is 0. The van der Waals surface area contributed by atoms with E-state index in [0.717, 1.165) is 19.3 Å². The molecule has 0 atom stereocenters. The second kappa shape index (κ2) is 8.31. The van der Waals surface area contributed by atoms with E-state index in [0.29, 0.717) is 0 Å². The smallest absolute Gasteiger partial charge is 0.0133 e. The van der Waals surface area contributed by atoms with Gasteiger partial charge in [-0.3, -0.25) is 0 Å². The van der Waals surface area contributed by atoms with Gasteiger partial charge in [-0.2, -0.15) is 0 Å². The van der Waals surface area contributed by atoms with Crippen LogP contribution in [0.5, 0.6) is 0 Å². The van der Waals surface area contributed by atoms with Crippen molar-refractivity contribution in [3.8, 4) is 0 Å². The predicted molar refractivity (Wildman–Crippen MR) is 63.9 cm³/mol. The minimum Gasteiger partial charge on any atom is -0.0844 e. The van der Waals surface area contributed by atoms with Crippen molar-refractivity contribution < 1.29 is 0 Å². The van der Waals surface area contributed by atoms with Crippen molar-refractivity contribution in [1.29, 1.82) is 0 Å². The third-order valence-electron chi connectivity index (χ3n) is 1.86. The lowest BCUT2D eigenvalue weighted by atomic mass is 10.2. The second-order valence-corrected chi connectivity index (χ2v) is 3.08. The lowest BCUT2D eigenvalue weighted by Crippen LogP contribution is -1.67. The highest BCUT2D eigenvalue weighted by atomic mass is 13.8. The summed E-state index contributed by atoms with van der Waals surface area (Å²) in [5.74, 6) is 0. The molecule has 0 bridgehead atoms. The molecule has 1 rings (SSSR count). The van der Waals surface area contributed by atoms with Gasteiger partial charge in [0.25, 0.3) is 0 Å². The van der Waals surface area contributed by atoms with E-state index in [1.54, 1.807) is 0 Å². The zero-order chi connectivity index (χ0) is 9.90. The first-order valence-corrected chi connectivity index (χ1v) is 5.12. The Morgan fingerprint density at radius 2 is 0.857 bits per heavy atom.